The second kappa shape index (κ2) is 6.18. The van der Waals surface area contributed by atoms with Crippen LogP contribution >= 0.6 is 0 Å². The molecule has 2 aromatic rings. The highest BCUT2D eigenvalue weighted by Gasteiger charge is 2.13. The van der Waals surface area contributed by atoms with Gasteiger partial charge in [0.05, 0.1) is 12.0 Å². The highest BCUT2D eigenvalue weighted by atomic mass is 16.1. The van der Waals surface area contributed by atoms with Crippen molar-refractivity contribution in [3.8, 4) is 0 Å². The highest BCUT2D eigenvalue weighted by molar-refractivity contribution is 5.93. The summed E-state index contributed by atoms with van der Waals surface area (Å²) >= 11 is 0. The average Bonchev–Trinajstić information content (AvgIpc) is 2.74. The summed E-state index contributed by atoms with van der Waals surface area (Å²) < 4.78 is 1.72. The average molecular weight is 273 g/mol. The van der Waals surface area contributed by atoms with Crippen molar-refractivity contribution in [1.29, 1.82) is 0 Å². The summed E-state index contributed by atoms with van der Waals surface area (Å²) in [6.45, 7) is 4.99. The fourth-order valence-electron chi connectivity index (χ4n) is 1.95. The van der Waals surface area contributed by atoms with Crippen LogP contribution in [0.3, 0.4) is 0 Å². The van der Waals surface area contributed by atoms with E-state index in [0.29, 0.717) is 18.8 Å². The highest BCUT2D eigenvalue weighted by Crippen LogP contribution is 2.05. The van der Waals surface area contributed by atoms with Gasteiger partial charge in [-0.2, -0.15) is 0 Å². The fraction of sp³-hybridized carbons (Fsp3) is 0.357. The number of nitrogens with zero attached hydrogens (tertiary/aromatic N) is 3. The molecule has 0 fully saturated rings. The van der Waals surface area contributed by atoms with Crippen LogP contribution in [0.4, 0.5) is 5.82 Å². The molecule has 6 heteroatoms. The second-order valence-electron chi connectivity index (χ2n) is 4.69. The maximum atomic E-state index is 12.0. The van der Waals surface area contributed by atoms with Gasteiger partial charge in [0, 0.05) is 26.3 Å². The van der Waals surface area contributed by atoms with Crippen molar-refractivity contribution in [3.63, 3.8) is 0 Å². The van der Waals surface area contributed by atoms with E-state index in [1.54, 1.807) is 17.1 Å². The standard InChI is InChI=1S/C14H19N5O/c1-10-4-5-15-12(8-10)16-6-7-17-14(20)13-11(2)18-9-19(13)3/h4-5,8-9H,6-7H2,1-3H3,(H,15,16)(H,17,20). The number of carbonyl (C=O) groups excluding carboxylic acids is 1. The Morgan fingerprint density at radius 1 is 1.30 bits per heavy atom. The van der Waals surface area contributed by atoms with Crippen molar-refractivity contribution in [1.82, 2.24) is 19.9 Å². The molecule has 6 nitrogen and oxygen atoms in total. The Hall–Kier alpha value is -2.37. The summed E-state index contributed by atoms with van der Waals surface area (Å²) in [7, 11) is 1.81. The van der Waals surface area contributed by atoms with E-state index in [1.165, 1.54) is 0 Å². The van der Waals surface area contributed by atoms with Gasteiger partial charge in [-0.15, -0.1) is 0 Å². The Morgan fingerprint density at radius 3 is 2.75 bits per heavy atom. The number of hydrogen-bond acceptors (Lipinski definition) is 4. The van der Waals surface area contributed by atoms with Crippen molar-refractivity contribution in [2.24, 2.45) is 7.05 Å². The second-order valence-corrected chi connectivity index (χ2v) is 4.69. The van der Waals surface area contributed by atoms with E-state index in [-0.39, 0.29) is 5.91 Å². The van der Waals surface area contributed by atoms with Gasteiger partial charge in [-0.1, -0.05) is 0 Å². The molecular formula is C14H19N5O. The number of aromatic nitrogens is 3. The molecule has 0 atom stereocenters. The van der Waals surface area contributed by atoms with Gasteiger partial charge in [-0.05, 0) is 31.5 Å². The van der Waals surface area contributed by atoms with Crippen LogP contribution in [-0.2, 0) is 7.05 Å². The maximum Gasteiger partial charge on any atom is 0.269 e. The Bertz CT molecular complexity index is 586. The van der Waals surface area contributed by atoms with Crippen LogP contribution in [-0.4, -0.2) is 33.5 Å². The molecule has 0 bridgehead atoms. The van der Waals surface area contributed by atoms with Crippen LogP contribution in [0.15, 0.2) is 24.7 Å². The van der Waals surface area contributed by atoms with E-state index in [9.17, 15) is 4.79 Å². The normalized spacial score (nSPS) is 10.3. The van der Waals surface area contributed by atoms with E-state index in [1.807, 2.05) is 33.0 Å². The molecule has 0 aromatic carbocycles. The zero-order valence-corrected chi connectivity index (χ0v) is 12.0. The predicted molar refractivity (Wildman–Crippen MR) is 77.7 cm³/mol. The van der Waals surface area contributed by atoms with E-state index in [2.05, 4.69) is 20.6 Å². The number of imidazole rings is 1. The first kappa shape index (κ1) is 14.0. The monoisotopic (exact) mass is 273 g/mol. The topological polar surface area (TPSA) is 71.8 Å². The van der Waals surface area contributed by atoms with Crippen LogP contribution in [0.2, 0.25) is 0 Å². The summed E-state index contributed by atoms with van der Waals surface area (Å²) in [5, 5.41) is 6.03. The summed E-state index contributed by atoms with van der Waals surface area (Å²) in [6.07, 6.45) is 3.40. The number of aryl methyl sites for hydroxylation is 3. The number of pyridine rings is 1. The Labute approximate surface area is 118 Å². The van der Waals surface area contributed by atoms with E-state index >= 15 is 0 Å². The van der Waals surface area contributed by atoms with Gasteiger partial charge in [0.1, 0.15) is 11.5 Å². The Balaban J connectivity index is 1.80. The molecule has 0 aliphatic heterocycles. The Kier molecular flexibility index (Phi) is 4.34. The molecule has 0 unspecified atom stereocenters. The minimum absolute atomic E-state index is 0.110. The van der Waals surface area contributed by atoms with Crippen molar-refractivity contribution in [2.75, 3.05) is 18.4 Å². The summed E-state index contributed by atoms with van der Waals surface area (Å²) in [6, 6.07) is 3.91. The van der Waals surface area contributed by atoms with Gasteiger partial charge in [-0.3, -0.25) is 4.79 Å². The lowest BCUT2D eigenvalue weighted by Gasteiger charge is -2.08. The van der Waals surface area contributed by atoms with Gasteiger partial charge in [0.2, 0.25) is 0 Å². The quantitative estimate of drug-likeness (QED) is 0.805. The molecule has 0 radical (unpaired) electrons. The lowest BCUT2D eigenvalue weighted by Crippen LogP contribution is -2.30. The zero-order valence-electron chi connectivity index (χ0n) is 12.0. The third-order valence-corrected chi connectivity index (χ3v) is 2.97. The van der Waals surface area contributed by atoms with Gasteiger partial charge in [0.15, 0.2) is 0 Å². The van der Waals surface area contributed by atoms with Crippen LogP contribution < -0.4 is 10.6 Å². The number of rotatable bonds is 5. The van der Waals surface area contributed by atoms with Crippen LogP contribution in [0.5, 0.6) is 0 Å². The third-order valence-electron chi connectivity index (χ3n) is 2.97. The van der Waals surface area contributed by atoms with E-state index < -0.39 is 0 Å². The van der Waals surface area contributed by atoms with Gasteiger partial charge >= 0.3 is 0 Å². The first-order chi connectivity index (χ1) is 9.58. The molecule has 2 heterocycles. The molecule has 0 aliphatic rings. The SMILES string of the molecule is Cc1ccnc(NCCNC(=O)c2c(C)ncn2C)c1. The molecule has 2 N–H and O–H groups in total. The minimum atomic E-state index is -0.110. The van der Waals surface area contributed by atoms with Crippen LogP contribution in [0.25, 0.3) is 0 Å². The molecule has 0 saturated carbocycles. The van der Waals surface area contributed by atoms with Crippen molar-refractivity contribution in [3.05, 3.63) is 41.6 Å². The first-order valence-corrected chi connectivity index (χ1v) is 6.50. The molecule has 0 aliphatic carbocycles. The molecule has 0 spiro atoms. The van der Waals surface area contributed by atoms with Crippen LogP contribution in [0, 0.1) is 13.8 Å². The molecule has 20 heavy (non-hydrogen) atoms. The summed E-state index contributed by atoms with van der Waals surface area (Å²) in [4.78, 5) is 20.3. The maximum absolute atomic E-state index is 12.0. The van der Waals surface area contributed by atoms with Gasteiger partial charge < -0.3 is 15.2 Å². The van der Waals surface area contributed by atoms with E-state index in [4.69, 9.17) is 0 Å². The lowest BCUT2D eigenvalue weighted by atomic mass is 10.3. The third kappa shape index (κ3) is 3.34. The molecule has 2 aromatic heterocycles. The molecule has 1 amide bonds. The van der Waals surface area contributed by atoms with Gasteiger partial charge in [0.25, 0.3) is 5.91 Å². The molecular weight excluding hydrogens is 254 g/mol. The summed E-state index contributed by atoms with van der Waals surface area (Å²) in [5.41, 5.74) is 2.48. The first-order valence-electron chi connectivity index (χ1n) is 6.50. The predicted octanol–water partition coefficient (Wildman–Crippen LogP) is 1.27. The number of carbonyl (C=O) groups is 1. The van der Waals surface area contributed by atoms with Gasteiger partial charge in [-0.25, -0.2) is 9.97 Å². The molecule has 0 saturated heterocycles. The minimum Gasteiger partial charge on any atom is -0.368 e. The summed E-state index contributed by atoms with van der Waals surface area (Å²) in [5.74, 6) is 0.706. The largest absolute Gasteiger partial charge is 0.368 e. The van der Waals surface area contributed by atoms with Crippen LogP contribution in [0.1, 0.15) is 21.7 Å². The molecule has 106 valence electrons. The van der Waals surface area contributed by atoms with Crippen molar-refractivity contribution < 1.29 is 4.79 Å². The number of anilines is 1. The lowest BCUT2D eigenvalue weighted by molar-refractivity contribution is 0.0946. The van der Waals surface area contributed by atoms with Crippen molar-refractivity contribution >= 4 is 11.7 Å². The Morgan fingerprint density at radius 2 is 2.10 bits per heavy atom. The smallest absolute Gasteiger partial charge is 0.269 e. The number of amides is 1. The van der Waals surface area contributed by atoms with E-state index in [0.717, 1.165) is 17.1 Å². The number of hydrogen-bond donors (Lipinski definition) is 2. The fourth-order valence-corrected chi connectivity index (χ4v) is 1.95. The molecule has 2 rings (SSSR count). The zero-order chi connectivity index (χ0) is 14.5. The van der Waals surface area contributed by atoms with Crippen molar-refractivity contribution in [2.45, 2.75) is 13.8 Å². The number of nitrogens with one attached hydrogen (secondary N) is 2.